The molecule has 0 fully saturated rings. The zero-order valence-corrected chi connectivity index (χ0v) is 17.6. The molecule has 8 nitrogen and oxygen atoms in total. The lowest BCUT2D eigenvalue weighted by molar-refractivity contribution is -0.123. The fourth-order valence-electron chi connectivity index (χ4n) is 3.20. The van der Waals surface area contributed by atoms with Gasteiger partial charge in [-0.1, -0.05) is 23.7 Å². The van der Waals surface area contributed by atoms with Crippen LogP contribution in [0.25, 0.3) is 0 Å². The molecule has 0 aliphatic carbocycles. The molecule has 1 N–H and O–H groups in total. The first-order valence-electron chi connectivity index (χ1n) is 9.64. The second-order valence-corrected chi connectivity index (χ2v) is 7.46. The minimum absolute atomic E-state index is 0.0155. The number of nitrogens with zero attached hydrogens (tertiary/aromatic N) is 1. The standard InChI is InChI=1S/C23H17ClN2O6/c1-13(20(27)25-19-7-3-2-6-18(19)24)32-23(30)14-8-9-16-17(11-14)22(29)26(21(16)28)12-15-5-4-10-31-15/h2-11,13H,12H2,1H3,(H,25,27). The van der Waals surface area contributed by atoms with E-state index in [1.54, 1.807) is 36.4 Å². The number of para-hydroxylation sites is 1. The zero-order chi connectivity index (χ0) is 22.8. The van der Waals surface area contributed by atoms with Crippen LogP contribution in [-0.4, -0.2) is 34.7 Å². The van der Waals surface area contributed by atoms with Crippen LogP contribution in [-0.2, 0) is 16.1 Å². The number of nitrogens with one attached hydrogen (secondary N) is 1. The Balaban J connectivity index is 1.45. The molecule has 9 heteroatoms. The predicted octanol–water partition coefficient (Wildman–Crippen LogP) is 3.91. The second-order valence-electron chi connectivity index (χ2n) is 7.05. The summed E-state index contributed by atoms with van der Waals surface area (Å²) in [4.78, 5) is 51.2. The van der Waals surface area contributed by atoms with E-state index in [1.165, 1.54) is 31.4 Å². The minimum atomic E-state index is -1.13. The summed E-state index contributed by atoms with van der Waals surface area (Å²) < 4.78 is 10.4. The van der Waals surface area contributed by atoms with Crippen molar-refractivity contribution in [2.24, 2.45) is 0 Å². The Morgan fingerprint density at radius 2 is 1.81 bits per heavy atom. The van der Waals surface area contributed by atoms with Crippen LogP contribution in [0.5, 0.6) is 0 Å². The van der Waals surface area contributed by atoms with Crippen molar-refractivity contribution in [3.8, 4) is 0 Å². The lowest BCUT2D eigenvalue weighted by Gasteiger charge is -2.14. The van der Waals surface area contributed by atoms with Crippen LogP contribution in [0.4, 0.5) is 5.69 Å². The van der Waals surface area contributed by atoms with Crippen molar-refractivity contribution in [1.82, 2.24) is 4.90 Å². The van der Waals surface area contributed by atoms with Gasteiger partial charge in [-0.05, 0) is 49.4 Å². The molecule has 0 radical (unpaired) electrons. The van der Waals surface area contributed by atoms with E-state index < -0.39 is 29.8 Å². The number of imide groups is 1. The van der Waals surface area contributed by atoms with Crippen LogP contribution in [0, 0.1) is 0 Å². The van der Waals surface area contributed by atoms with Gasteiger partial charge in [0.2, 0.25) is 0 Å². The number of carbonyl (C=O) groups is 4. The molecule has 1 aliphatic rings. The van der Waals surface area contributed by atoms with E-state index in [9.17, 15) is 19.2 Å². The number of rotatable bonds is 6. The highest BCUT2D eigenvalue weighted by molar-refractivity contribution is 6.33. The largest absolute Gasteiger partial charge is 0.467 e. The molecule has 3 amide bonds. The summed E-state index contributed by atoms with van der Waals surface area (Å²) in [6, 6.07) is 14.0. The Morgan fingerprint density at radius 1 is 1.06 bits per heavy atom. The number of amides is 3. The van der Waals surface area contributed by atoms with Crippen LogP contribution in [0.2, 0.25) is 5.02 Å². The van der Waals surface area contributed by atoms with Gasteiger partial charge in [-0.3, -0.25) is 19.3 Å². The van der Waals surface area contributed by atoms with Gasteiger partial charge in [-0.2, -0.15) is 0 Å². The van der Waals surface area contributed by atoms with Gasteiger partial charge >= 0.3 is 5.97 Å². The lowest BCUT2D eigenvalue weighted by Crippen LogP contribution is -2.30. The molecule has 162 valence electrons. The minimum Gasteiger partial charge on any atom is -0.467 e. The molecule has 0 saturated carbocycles. The first-order chi connectivity index (χ1) is 15.3. The lowest BCUT2D eigenvalue weighted by atomic mass is 10.1. The van der Waals surface area contributed by atoms with Crippen molar-refractivity contribution in [2.75, 3.05) is 5.32 Å². The van der Waals surface area contributed by atoms with Crippen molar-refractivity contribution >= 4 is 41.0 Å². The van der Waals surface area contributed by atoms with Crippen LogP contribution in [0.3, 0.4) is 0 Å². The van der Waals surface area contributed by atoms with E-state index in [1.807, 2.05) is 0 Å². The molecular formula is C23H17ClN2O6. The highest BCUT2D eigenvalue weighted by Gasteiger charge is 2.36. The molecule has 0 spiro atoms. The van der Waals surface area contributed by atoms with Crippen molar-refractivity contribution in [3.63, 3.8) is 0 Å². The number of fused-ring (bicyclic) bond motifs is 1. The SMILES string of the molecule is CC(OC(=O)c1ccc2c(c1)C(=O)N(Cc1ccco1)C2=O)C(=O)Nc1ccccc1Cl. The van der Waals surface area contributed by atoms with Crippen LogP contribution < -0.4 is 5.32 Å². The van der Waals surface area contributed by atoms with E-state index in [2.05, 4.69) is 5.32 Å². The fraction of sp³-hybridized carbons (Fsp3) is 0.130. The summed E-state index contributed by atoms with van der Waals surface area (Å²) in [5, 5.41) is 2.93. The molecule has 0 bridgehead atoms. The molecule has 1 unspecified atom stereocenters. The number of halogens is 1. The molecule has 32 heavy (non-hydrogen) atoms. The van der Waals surface area contributed by atoms with E-state index in [0.29, 0.717) is 16.5 Å². The number of ether oxygens (including phenoxy) is 1. The quantitative estimate of drug-likeness (QED) is 0.449. The van der Waals surface area contributed by atoms with E-state index in [4.69, 9.17) is 20.8 Å². The maximum absolute atomic E-state index is 12.7. The summed E-state index contributed by atoms with van der Waals surface area (Å²) in [5.41, 5.74) is 0.703. The monoisotopic (exact) mass is 452 g/mol. The number of hydrogen-bond donors (Lipinski definition) is 1. The summed E-state index contributed by atoms with van der Waals surface area (Å²) in [7, 11) is 0. The molecule has 1 atom stereocenters. The van der Waals surface area contributed by atoms with Gasteiger partial charge in [0.1, 0.15) is 5.76 Å². The van der Waals surface area contributed by atoms with Crippen molar-refractivity contribution in [2.45, 2.75) is 19.6 Å². The second kappa shape index (κ2) is 8.68. The first kappa shape index (κ1) is 21.3. The van der Waals surface area contributed by atoms with Gasteiger partial charge in [0.15, 0.2) is 6.10 Å². The summed E-state index contributed by atoms with van der Waals surface area (Å²) in [6.07, 6.45) is 0.324. The zero-order valence-electron chi connectivity index (χ0n) is 16.8. The molecule has 4 rings (SSSR count). The number of carbonyl (C=O) groups excluding carboxylic acids is 4. The van der Waals surface area contributed by atoms with Crippen LogP contribution in [0.15, 0.2) is 65.3 Å². The van der Waals surface area contributed by atoms with Gasteiger partial charge < -0.3 is 14.5 Å². The van der Waals surface area contributed by atoms with Gasteiger partial charge in [-0.25, -0.2) is 4.79 Å². The van der Waals surface area contributed by atoms with Crippen molar-refractivity contribution < 1.29 is 28.3 Å². The number of hydrogen-bond acceptors (Lipinski definition) is 6. The first-order valence-corrected chi connectivity index (χ1v) is 10.0. The third-order valence-corrected chi connectivity index (χ3v) is 5.21. The number of anilines is 1. The van der Waals surface area contributed by atoms with Gasteiger partial charge in [0.25, 0.3) is 17.7 Å². The Bertz CT molecular complexity index is 1220. The van der Waals surface area contributed by atoms with Crippen LogP contribution >= 0.6 is 11.6 Å². The summed E-state index contributed by atoms with van der Waals surface area (Å²) in [6.45, 7) is 1.40. The Labute approximate surface area is 187 Å². The highest BCUT2D eigenvalue weighted by atomic mass is 35.5. The maximum atomic E-state index is 12.7. The third kappa shape index (κ3) is 4.13. The van der Waals surface area contributed by atoms with Crippen molar-refractivity contribution in [1.29, 1.82) is 0 Å². The van der Waals surface area contributed by atoms with Crippen molar-refractivity contribution in [3.05, 3.63) is 88.3 Å². The predicted molar refractivity (Wildman–Crippen MR) is 114 cm³/mol. The highest BCUT2D eigenvalue weighted by Crippen LogP contribution is 2.26. The summed E-state index contributed by atoms with van der Waals surface area (Å²) >= 11 is 6.02. The average Bonchev–Trinajstić information content (AvgIpc) is 3.38. The van der Waals surface area contributed by atoms with Gasteiger partial charge in [0.05, 0.1) is 40.2 Å². The molecule has 2 heterocycles. The van der Waals surface area contributed by atoms with Gasteiger partial charge in [0, 0.05) is 0 Å². The fourth-order valence-corrected chi connectivity index (χ4v) is 3.38. The average molecular weight is 453 g/mol. The summed E-state index contributed by atoms with van der Waals surface area (Å²) in [5.74, 6) is -1.94. The van der Waals surface area contributed by atoms with Gasteiger partial charge in [-0.15, -0.1) is 0 Å². The Kier molecular flexibility index (Phi) is 5.79. The number of furan rings is 1. The number of esters is 1. The molecule has 0 saturated heterocycles. The van der Waals surface area contributed by atoms with E-state index in [0.717, 1.165) is 4.90 Å². The smallest absolute Gasteiger partial charge is 0.338 e. The third-order valence-electron chi connectivity index (χ3n) is 4.89. The van der Waals surface area contributed by atoms with E-state index in [-0.39, 0.29) is 23.2 Å². The van der Waals surface area contributed by atoms with E-state index >= 15 is 0 Å². The molecule has 3 aromatic rings. The molecule has 2 aromatic carbocycles. The molecule has 1 aromatic heterocycles. The van der Waals surface area contributed by atoms with Crippen LogP contribution in [0.1, 0.15) is 43.8 Å². The Hall–Kier alpha value is -3.91. The molecule has 1 aliphatic heterocycles. The Morgan fingerprint density at radius 3 is 2.53 bits per heavy atom. The maximum Gasteiger partial charge on any atom is 0.338 e. The normalized spacial score (nSPS) is 13.6. The topological polar surface area (TPSA) is 106 Å². The molecular weight excluding hydrogens is 436 g/mol. The number of benzene rings is 2.